The zero-order valence-electron chi connectivity index (χ0n) is 17.7. The number of aryl methyl sites for hydroxylation is 1. The Morgan fingerprint density at radius 2 is 1.58 bits per heavy atom. The second-order valence-electron chi connectivity index (χ2n) is 7.14. The lowest BCUT2D eigenvalue weighted by Gasteiger charge is -2.16. The summed E-state index contributed by atoms with van der Waals surface area (Å²) in [4.78, 5) is 25.7. The van der Waals surface area contributed by atoms with E-state index in [0.717, 1.165) is 17.3 Å². The van der Waals surface area contributed by atoms with Crippen LogP contribution in [0.2, 0.25) is 0 Å². The van der Waals surface area contributed by atoms with Gasteiger partial charge in [-0.15, -0.1) is 11.8 Å². The van der Waals surface area contributed by atoms with E-state index in [2.05, 4.69) is 5.32 Å². The molecule has 0 saturated heterocycles. The maximum atomic E-state index is 13.9. The molecule has 0 aromatic heterocycles. The number of anilines is 2. The maximum Gasteiger partial charge on any atom is 0.255 e. The zero-order valence-corrected chi connectivity index (χ0v) is 18.5. The molecule has 1 unspecified atom stereocenters. The number of benzene rings is 3. The van der Waals surface area contributed by atoms with Gasteiger partial charge in [0.05, 0.1) is 5.25 Å². The van der Waals surface area contributed by atoms with E-state index in [1.807, 2.05) is 24.4 Å². The first kappa shape index (κ1) is 24.3. The van der Waals surface area contributed by atoms with Crippen LogP contribution in [0.4, 0.5) is 28.9 Å². The van der Waals surface area contributed by atoms with E-state index in [4.69, 9.17) is 0 Å². The van der Waals surface area contributed by atoms with Gasteiger partial charge in [-0.05, 0) is 43.2 Å². The number of hydrogen-bond acceptors (Lipinski definition) is 3. The van der Waals surface area contributed by atoms with Gasteiger partial charge in [0.25, 0.3) is 5.91 Å². The van der Waals surface area contributed by atoms with Gasteiger partial charge >= 0.3 is 0 Å². The van der Waals surface area contributed by atoms with Gasteiger partial charge in [0.15, 0.2) is 23.3 Å². The predicted octanol–water partition coefficient (Wildman–Crippen LogP) is 6.31. The monoisotopic (exact) mass is 476 g/mol. The van der Waals surface area contributed by atoms with Crippen LogP contribution in [0.5, 0.6) is 0 Å². The van der Waals surface area contributed by atoms with Crippen LogP contribution in [0.15, 0.2) is 59.5 Å². The molecule has 0 bridgehead atoms. The minimum Gasteiger partial charge on any atom is -0.322 e. The van der Waals surface area contributed by atoms with Crippen molar-refractivity contribution in [3.05, 3.63) is 89.0 Å². The van der Waals surface area contributed by atoms with Crippen molar-refractivity contribution in [3.63, 3.8) is 0 Å². The number of amides is 2. The van der Waals surface area contributed by atoms with E-state index in [1.165, 1.54) is 0 Å². The lowest BCUT2D eigenvalue weighted by molar-refractivity contribution is -0.115. The third-order valence-electron chi connectivity index (χ3n) is 4.78. The maximum absolute atomic E-state index is 13.9. The molecule has 0 spiro atoms. The number of nitrogens with one attached hydrogen (secondary N) is 2. The molecule has 3 aromatic rings. The van der Waals surface area contributed by atoms with Crippen LogP contribution in [0, 0.1) is 30.2 Å². The summed E-state index contributed by atoms with van der Waals surface area (Å²) in [6.45, 7) is 3.50. The van der Waals surface area contributed by atoms with Gasteiger partial charge in [-0.25, -0.2) is 17.6 Å². The molecule has 0 aliphatic rings. The van der Waals surface area contributed by atoms with Crippen molar-refractivity contribution in [1.82, 2.24) is 0 Å². The quantitative estimate of drug-likeness (QED) is 0.239. The molecule has 33 heavy (non-hydrogen) atoms. The third-order valence-corrected chi connectivity index (χ3v) is 6.14. The Labute approximate surface area is 192 Å². The summed E-state index contributed by atoms with van der Waals surface area (Å²) < 4.78 is 54.6. The van der Waals surface area contributed by atoms with Crippen LogP contribution in [-0.4, -0.2) is 17.1 Å². The molecule has 1 atom stereocenters. The Kier molecular flexibility index (Phi) is 7.75. The highest BCUT2D eigenvalue weighted by Gasteiger charge is 2.25. The molecule has 3 rings (SSSR count). The summed E-state index contributed by atoms with van der Waals surface area (Å²) in [5.41, 5.74) is 0.660. The third kappa shape index (κ3) is 5.73. The number of carbonyl (C=O) groups is 2. The standard InChI is InChI=1S/C24H20F4N2O2S/c1-3-19(24(32)30-22-20(27)17(25)12-18(26)21(22)28)33-15-9-6-8-14(11-15)29-23(31)16-10-5-4-7-13(16)2/h4-12,19H,3H2,1-2H3,(H,29,31)(H,30,32). The molecule has 0 aliphatic heterocycles. The van der Waals surface area contributed by atoms with Crippen molar-refractivity contribution >= 4 is 35.0 Å². The fraction of sp³-hybridized carbons (Fsp3) is 0.167. The van der Waals surface area contributed by atoms with Gasteiger partial charge in [0, 0.05) is 22.2 Å². The molecule has 4 nitrogen and oxygen atoms in total. The Morgan fingerprint density at radius 3 is 2.21 bits per heavy atom. The van der Waals surface area contributed by atoms with Crippen LogP contribution in [0.1, 0.15) is 29.3 Å². The van der Waals surface area contributed by atoms with Crippen molar-refractivity contribution in [2.45, 2.75) is 30.4 Å². The average Bonchev–Trinajstić information content (AvgIpc) is 2.79. The number of hydrogen-bond donors (Lipinski definition) is 2. The SMILES string of the molecule is CCC(Sc1cccc(NC(=O)c2ccccc2C)c1)C(=O)Nc1c(F)c(F)cc(F)c1F. The molecular weight excluding hydrogens is 456 g/mol. The van der Waals surface area contributed by atoms with Gasteiger partial charge in [-0.3, -0.25) is 9.59 Å². The van der Waals surface area contributed by atoms with Crippen LogP contribution in [0.3, 0.4) is 0 Å². The van der Waals surface area contributed by atoms with E-state index in [1.54, 1.807) is 43.3 Å². The summed E-state index contributed by atoms with van der Waals surface area (Å²) in [6.07, 6.45) is 0.261. The van der Waals surface area contributed by atoms with Crippen LogP contribution >= 0.6 is 11.8 Å². The molecule has 0 heterocycles. The second-order valence-corrected chi connectivity index (χ2v) is 8.42. The van der Waals surface area contributed by atoms with Crippen molar-refractivity contribution in [2.75, 3.05) is 10.6 Å². The molecule has 0 radical (unpaired) electrons. The molecule has 2 N–H and O–H groups in total. The molecule has 9 heteroatoms. The van der Waals surface area contributed by atoms with Gasteiger partial charge in [-0.2, -0.15) is 0 Å². The second kappa shape index (κ2) is 10.5. The minimum atomic E-state index is -1.68. The van der Waals surface area contributed by atoms with E-state index in [9.17, 15) is 27.2 Å². The molecule has 0 fully saturated rings. The van der Waals surface area contributed by atoms with E-state index >= 15 is 0 Å². The van der Waals surface area contributed by atoms with Crippen molar-refractivity contribution < 1.29 is 27.2 Å². The molecule has 0 saturated carbocycles. The van der Waals surface area contributed by atoms with Crippen molar-refractivity contribution in [1.29, 1.82) is 0 Å². The fourth-order valence-corrected chi connectivity index (χ4v) is 4.06. The van der Waals surface area contributed by atoms with Crippen molar-refractivity contribution in [3.8, 4) is 0 Å². The van der Waals surface area contributed by atoms with Gasteiger partial charge in [-0.1, -0.05) is 31.2 Å². The minimum absolute atomic E-state index is 0.0725. The predicted molar refractivity (Wildman–Crippen MR) is 120 cm³/mol. The van der Waals surface area contributed by atoms with E-state index in [0.29, 0.717) is 16.1 Å². The van der Waals surface area contributed by atoms with Gasteiger partial charge < -0.3 is 10.6 Å². The Bertz CT molecular complexity index is 1180. The largest absolute Gasteiger partial charge is 0.322 e. The lowest BCUT2D eigenvalue weighted by Crippen LogP contribution is -2.26. The molecular formula is C24H20F4N2O2S. The average molecular weight is 476 g/mol. The van der Waals surface area contributed by atoms with Crippen LogP contribution < -0.4 is 10.6 Å². The Morgan fingerprint density at radius 1 is 0.909 bits per heavy atom. The highest BCUT2D eigenvalue weighted by molar-refractivity contribution is 8.00. The molecule has 0 aliphatic carbocycles. The van der Waals surface area contributed by atoms with Crippen LogP contribution in [0.25, 0.3) is 0 Å². The topological polar surface area (TPSA) is 58.2 Å². The number of halogens is 4. The highest BCUT2D eigenvalue weighted by atomic mass is 32.2. The summed E-state index contributed by atoms with van der Waals surface area (Å²) in [6, 6.07) is 13.9. The molecule has 3 aromatic carbocycles. The van der Waals surface area contributed by atoms with Crippen LogP contribution in [-0.2, 0) is 4.79 Å². The van der Waals surface area contributed by atoms with E-state index < -0.39 is 40.1 Å². The number of carbonyl (C=O) groups excluding carboxylic acids is 2. The van der Waals surface area contributed by atoms with Gasteiger partial charge in [0.2, 0.25) is 5.91 Å². The smallest absolute Gasteiger partial charge is 0.255 e. The lowest BCUT2D eigenvalue weighted by atomic mass is 10.1. The first-order chi connectivity index (χ1) is 15.7. The first-order valence-electron chi connectivity index (χ1n) is 9.98. The highest BCUT2D eigenvalue weighted by Crippen LogP contribution is 2.30. The normalized spacial score (nSPS) is 11.7. The Hall–Kier alpha value is -3.33. The van der Waals surface area contributed by atoms with E-state index in [-0.39, 0.29) is 18.4 Å². The first-order valence-corrected chi connectivity index (χ1v) is 10.9. The number of thioether (sulfide) groups is 1. The number of rotatable bonds is 7. The zero-order chi connectivity index (χ0) is 24.1. The fourth-order valence-electron chi connectivity index (χ4n) is 3.05. The summed E-state index contributed by atoms with van der Waals surface area (Å²) in [7, 11) is 0. The summed E-state index contributed by atoms with van der Waals surface area (Å²) >= 11 is 1.08. The molecule has 172 valence electrons. The molecule has 2 amide bonds. The summed E-state index contributed by atoms with van der Waals surface area (Å²) in [5, 5.41) is 3.92. The Balaban J connectivity index is 1.74. The summed E-state index contributed by atoms with van der Waals surface area (Å²) in [5.74, 6) is -7.69. The van der Waals surface area contributed by atoms with Crippen molar-refractivity contribution in [2.24, 2.45) is 0 Å². The van der Waals surface area contributed by atoms with Gasteiger partial charge in [0.1, 0.15) is 5.69 Å².